The Kier molecular flexibility index (Phi) is 3.24. The van der Waals surface area contributed by atoms with Gasteiger partial charge in [-0.15, -0.1) is 0 Å². The third-order valence-corrected chi connectivity index (χ3v) is 2.22. The molecule has 0 saturated carbocycles. The molecule has 0 bridgehead atoms. The molecule has 0 amide bonds. The zero-order valence-electron chi connectivity index (χ0n) is 9.21. The first-order valence-corrected chi connectivity index (χ1v) is 5.04. The second kappa shape index (κ2) is 4.84. The van der Waals surface area contributed by atoms with Crippen LogP contribution in [0.25, 0.3) is 11.1 Å². The third-order valence-electron chi connectivity index (χ3n) is 2.22. The Hall–Kier alpha value is -2.08. The highest BCUT2D eigenvalue weighted by molar-refractivity contribution is 5.78. The molecule has 0 aliphatic carbocycles. The number of ether oxygens (including phenoxy) is 1. The second-order valence-electron chi connectivity index (χ2n) is 3.48. The van der Waals surface area contributed by atoms with Gasteiger partial charge in [0.15, 0.2) is 11.6 Å². The molecule has 1 aromatic carbocycles. The van der Waals surface area contributed by atoms with Crippen LogP contribution in [0.1, 0.15) is 0 Å². The van der Waals surface area contributed by atoms with Crippen LogP contribution in [0.15, 0.2) is 28.7 Å². The zero-order chi connectivity index (χ0) is 12.3. The van der Waals surface area contributed by atoms with Crippen molar-refractivity contribution in [2.45, 2.75) is 6.04 Å². The first-order chi connectivity index (χ1) is 8.20. The second-order valence-corrected chi connectivity index (χ2v) is 3.48. The van der Waals surface area contributed by atoms with Gasteiger partial charge in [-0.3, -0.25) is 0 Å². The summed E-state index contributed by atoms with van der Waals surface area (Å²) in [5.74, 6) is -1.02. The van der Waals surface area contributed by atoms with Crippen LogP contribution in [0, 0.1) is 0 Å². The van der Waals surface area contributed by atoms with E-state index in [2.05, 4.69) is 10.3 Å². The summed E-state index contributed by atoms with van der Waals surface area (Å²) < 4.78 is 10.2. The van der Waals surface area contributed by atoms with E-state index in [1.165, 1.54) is 7.11 Å². The van der Waals surface area contributed by atoms with Crippen LogP contribution < -0.4 is 5.32 Å². The number of carbonyl (C=O) groups is 1. The number of aliphatic carboxylic acids is 1. The van der Waals surface area contributed by atoms with Gasteiger partial charge in [0.2, 0.25) is 0 Å². The quantitative estimate of drug-likeness (QED) is 0.814. The minimum Gasteiger partial charge on any atom is -0.480 e. The van der Waals surface area contributed by atoms with Crippen molar-refractivity contribution in [3.63, 3.8) is 0 Å². The molecule has 0 fully saturated rings. The summed E-state index contributed by atoms with van der Waals surface area (Å²) in [6.07, 6.45) is 0. The fourth-order valence-electron chi connectivity index (χ4n) is 1.42. The minimum atomic E-state index is -1.02. The molecule has 0 saturated heterocycles. The lowest BCUT2D eigenvalue weighted by Gasteiger charge is -2.10. The van der Waals surface area contributed by atoms with E-state index >= 15 is 0 Å². The van der Waals surface area contributed by atoms with Crippen molar-refractivity contribution in [3.8, 4) is 0 Å². The lowest BCUT2D eigenvalue weighted by atomic mass is 10.3. The van der Waals surface area contributed by atoms with Gasteiger partial charge in [-0.1, -0.05) is 12.1 Å². The number of aromatic nitrogens is 1. The number of hydrogen-bond acceptors (Lipinski definition) is 5. The summed E-state index contributed by atoms with van der Waals surface area (Å²) in [7, 11) is 1.43. The lowest BCUT2D eigenvalue weighted by Crippen LogP contribution is -2.33. The topological polar surface area (TPSA) is 84.6 Å². The summed E-state index contributed by atoms with van der Waals surface area (Å²) in [4.78, 5) is 15.0. The number of rotatable bonds is 5. The minimum absolute atomic E-state index is 0.0358. The highest BCUT2D eigenvalue weighted by atomic mass is 16.5. The fourth-order valence-corrected chi connectivity index (χ4v) is 1.42. The predicted octanol–water partition coefficient (Wildman–Crippen LogP) is 1.34. The molecule has 17 heavy (non-hydrogen) atoms. The van der Waals surface area contributed by atoms with Gasteiger partial charge in [0.1, 0.15) is 5.52 Å². The van der Waals surface area contributed by atoms with Gasteiger partial charge in [-0.05, 0) is 12.1 Å². The number of anilines is 1. The van der Waals surface area contributed by atoms with Crippen molar-refractivity contribution in [3.05, 3.63) is 24.3 Å². The molecule has 1 atom stereocenters. The van der Waals surface area contributed by atoms with Crippen molar-refractivity contribution < 1.29 is 19.1 Å². The van der Waals surface area contributed by atoms with Gasteiger partial charge < -0.3 is 19.6 Å². The molecule has 1 unspecified atom stereocenters. The van der Waals surface area contributed by atoms with Crippen LogP contribution in [-0.2, 0) is 9.53 Å². The molecule has 6 heteroatoms. The Bertz CT molecular complexity index is 490. The van der Waals surface area contributed by atoms with Crippen molar-refractivity contribution in [1.29, 1.82) is 0 Å². The van der Waals surface area contributed by atoms with Crippen LogP contribution in [0.2, 0.25) is 0 Å². The molecule has 2 aromatic rings. The van der Waals surface area contributed by atoms with Crippen LogP contribution in [0.4, 0.5) is 6.01 Å². The highest BCUT2D eigenvalue weighted by Gasteiger charge is 2.19. The maximum atomic E-state index is 10.9. The molecule has 2 N–H and O–H groups in total. The molecule has 6 nitrogen and oxygen atoms in total. The van der Waals surface area contributed by atoms with Gasteiger partial charge in [0, 0.05) is 7.11 Å². The first kappa shape index (κ1) is 11.4. The molecule has 2 rings (SSSR count). The van der Waals surface area contributed by atoms with Gasteiger partial charge in [-0.2, -0.15) is 4.98 Å². The third kappa shape index (κ3) is 2.54. The van der Waals surface area contributed by atoms with Gasteiger partial charge in [0.25, 0.3) is 6.01 Å². The highest BCUT2D eigenvalue weighted by Crippen LogP contribution is 2.18. The molecular weight excluding hydrogens is 224 g/mol. The smallest absolute Gasteiger partial charge is 0.328 e. The van der Waals surface area contributed by atoms with Crippen molar-refractivity contribution in [2.24, 2.45) is 0 Å². The number of nitrogens with one attached hydrogen (secondary N) is 1. The van der Waals surface area contributed by atoms with E-state index in [1.807, 2.05) is 12.1 Å². The monoisotopic (exact) mass is 236 g/mol. The summed E-state index contributed by atoms with van der Waals surface area (Å²) in [6, 6.07) is 6.50. The number of carboxylic acid groups (broad SMARTS) is 1. The Morgan fingerprint density at radius 1 is 1.59 bits per heavy atom. The van der Waals surface area contributed by atoms with Gasteiger partial charge in [0.05, 0.1) is 6.61 Å². The number of nitrogens with zero attached hydrogens (tertiary/aromatic N) is 1. The molecule has 90 valence electrons. The van der Waals surface area contributed by atoms with E-state index in [-0.39, 0.29) is 12.6 Å². The number of benzene rings is 1. The number of oxazole rings is 1. The number of methoxy groups -OCH3 is 1. The molecule has 0 spiro atoms. The predicted molar refractivity (Wildman–Crippen MR) is 60.9 cm³/mol. The maximum Gasteiger partial charge on any atom is 0.328 e. The molecule has 0 aliphatic rings. The van der Waals surface area contributed by atoms with Gasteiger partial charge >= 0.3 is 5.97 Å². The summed E-state index contributed by atoms with van der Waals surface area (Å²) in [6.45, 7) is 0.0358. The molecule has 1 aromatic heterocycles. The van der Waals surface area contributed by atoms with E-state index in [0.29, 0.717) is 11.1 Å². The standard InChI is InChI=1S/C11H12N2O4/c1-16-6-8(10(14)15)13-11-12-7-4-2-3-5-9(7)17-11/h2-5,8H,6H2,1H3,(H,12,13)(H,14,15). The van der Waals surface area contributed by atoms with Crippen LogP contribution in [0.3, 0.4) is 0 Å². The zero-order valence-corrected chi connectivity index (χ0v) is 9.21. The maximum absolute atomic E-state index is 10.9. The largest absolute Gasteiger partial charge is 0.480 e. The fraction of sp³-hybridized carbons (Fsp3) is 0.273. The number of carboxylic acids is 1. The van der Waals surface area contributed by atoms with E-state index in [1.54, 1.807) is 12.1 Å². The summed E-state index contributed by atoms with van der Waals surface area (Å²) >= 11 is 0. The average molecular weight is 236 g/mol. The van der Waals surface area contributed by atoms with E-state index in [0.717, 1.165) is 0 Å². The Labute approximate surface area is 97.2 Å². The van der Waals surface area contributed by atoms with Crippen molar-refractivity contribution in [1.82, 2.24) is 4.98 Å². The van der Waals surface area contributed by atoms with E-state index < -0.39 is 12.0 Å². The molecule has 1 heterocycles. The Balaban J connectivity index is 2.19. The summed E-state index contributed by atoms with van der Waals surface area (Å²) in [5, 5.41) is 11.6. The van der Waals surface area contributed by atoms with Gasteiger partial charge in [-0.25, -0.2) is 4.79 Å². The number of fused-ring (bicyclic) bond motifs is 1. The lowest BCUT2D eigenvalue weighted by molar-refractivity contribution is -0.139. The molecule has 0 aliphatic heterocycles. The normalized spacial score (nSPS) is 12.5. The summed E-state index contributed by atoms with van der Waals surface area (Å²) in [5.41, 5.74) is 1.29. The average Bonchev–Trinajstić information content (AvgIpc) is 2.70. The number of para-hydroxylation sites is 2. The van der Waals surface area contributed by atoms with E-state index in [4.69, 9.17) is 14.3 Å². The van der Waals surface area contributed by atoms with Crippen LogP contribution in [0.5, 0.6) is 0 Å². The van der Waals surface area contributed by atoms with E-state index in [9.17, 15) is 4.79 Å². The number of hydrogen-bond donors (Lipinski definition) is 2. The molecule has 0 radical (unpaired) electrons. The van der Waals surface area contributed by atoms with Crippen molar-refractivity contribution in [2.75, 3.05) is 19.0 Å². The van der Waals surface area contributed by atoms with Crippen LogP contribution >= 0.6 is 0 Å². The van der Waals surface area contributed by atoms with Crippen LogP contribution in [-0.4, -0.2) is 35.8 Å². The first-order valence-electron chi connectivity index (χ1n) is 5.04. The van der Waals surface area contributed by atoms with Crippen molar-refractivity contribution >= 4 is 23.1 Å². The SMILES string of the molecule is COCC(Nc1nc2ccccc2o1)C(=O)O. The Morgan fingerprint density at radius 2 is 2.35 bits per heavy atom. The Morgan fingerprint density at radius 3 is 3.00 bits per heavy atom. The molecular formula is C11H12N2O4.